The Labute approximate surface area is 210 Å². The summed E-state index contributed by atoms with van der Waals surface area (Å²) in [5.41, 5.74) is -3.33. The van der Waals surface area contributed by atoms with E-state index in [4.69, 9.17) is 18.5 Å². The van der Waals surface area contributed by atoms with Gasteiger partial charge in [-0.15, -0.1) is 0 Å². The number of nitrogens with one attached hydrogen (secondary N) is 2. The first kappa shape index (κ1) is 29.7. The molecule has 19 nitrogen and oxygen atoms in total. The lowest BCUT2D eigenvalue weighted by molar-refractivity contribution is -0.0615. The van der Waals surface area contributed by atoms with Crippen molar-refractivity contribution in [2.75, 3.05) is 13.2 Å². The van der Waals surface area contributed by atoms with E-state index in [0.29, 0.717) is 0 Å². The van der Waals surface area contributed by atoms with Gasteiger partial charge in [-0.3, -0.25) is 37.7 Å². The molecule has 10 N–H and O–H groups in total. The molecule has 2 aliphatic rings. The molecule has 0 saturated carbocycles. The van der Waals surface area contributed by atoms with E-state index in [2.05, 4.69) is 0 Å². The minimum atomic E-state index is -5.06. The Morgan fingerprint density at radius 3 is 1.87 bits per heavy atom. The topological polar surface area (TPSA) is 300 Å². The number of aromatic amines is 2. The van der Waals surface area contributed by atoms with Crippen molar-refractivity contribution < 1.29 is 48.4 Å². The van der Waals surface area contributed by atoms with E-state index in [0.717, 1.165) is 33.7 Å². The van der Waals surface area contributed by atoms with Crippen molar-refractivity contribution in [2.45, 2.75) is 49.1 Å². The monoisotopic (exact) mass is 567 g/mol. The first-order chi connectivity index (χ1) is 17.4. The Hall–Kier alpha value is -2.81. The molecule has 2 aromatic rings. The number of aliphatic hydroxyl groups excluding tert-OH is 4. The smallest absolute Gasteiger partial charge is 0.394 e. The maximum absolute atomic E-state index is 12.6. The van der Waals surface area contributed by atoms with Crippen LogP contribution in [0.5, 0.6) is 0 Å². The Kier molecular flexibility index (Phi) is 9.01. The number of phosphoric ester groups is 1. The number of phosphoric acid groups is 1. The number of rotatable bonds is 8. The first-order valence-corrected chi connectivity index (χ1v) is 12.2. The summed E-state index contributed by atoms with van der Waals surface area (Å²) >= 11 is 0. The van der Waals surface area contributed by atoms with Gasteiger partial charge < -0.3 is 40.9 Å². The minimum Gasteiger partial charge on any atom is -0.394 e. The Morgan fingerprint density at radius 2 is 1.37 bits per heavy atom. The van der Waals surface area contributed by atoms with Crippen LogP contribution < -0.4 is 28.6 Å². The lowest BCUT2D eigenvalue weighted by atomic mass is 10.1. The number of hydrogen-bond acceptors (Lipinski definition) is 14. The molecule has 212 valence electrons. The Balaban J connectivity index is 0.00000400. The molecule has 0 aliphatic carbocycles. The third kappa shape index (κ3) is 5.92. The molecule has 2 fully saturated rings. The van der Waals surface area contributed by atoms with Gasteiger partial charge in [-0.25, -0.2) is 14.2 Å². The van der Waals surface area contributed by atoms with Crippen LogP contribution in [-0.2, 0) is 23.1 Å². The molecule has 1 unspecified atom stereocenters. The number of H-pyrrole nitrogens is 2. The van der Waals surface area contributed by atoms with Crippen LogP contribution >= 0.6 is 7.82 Å². The fourth-order valence-corrected chi connectivity index (χ4v) is 4.89. The molecule has 2 saturated heterocycles. The standard InChI is InChI=1S/C18H23N4O14P.H3N/c23-5-7-14(13(28)16(34-7)22-4-2-10(25)20-18(22)30)36-37(31,32)33-6-8-11(26)12(27)15(35-8)21-3-1-9(24)19-17(21)29;/h1-4,7-8,11-16,23,26-28H,5-6H2,(H,31,32)(H,19,24,29)(H,20,25,30);1H3/t7-,8-,11-,12-,13-,14-,15-,16-;/m1./s1. The second kappa shape index (κ2) is 11.5. The van der Waals surface area contributed by atoms with Gasteiger partial charge in [-0.1, -0.05) is 0 Å². The number of ether oxygens (including phenoxy) is 2. The van der Waals surface area contributed by atoms with Crippen molar-refractivity contribution in [1.82, 2.24) is 25.3 Å². The van der Waals surface area contributed by atoms with Gasteiger partial charge >= 0.3 is 19.2 Å². The van der Waals surface area contributed by atoms with Gasteiger partial charge in [-0.2, -0.15) is 0 Å². The summed E-state index contributed by atoms with van der Waals surface area (Å²) in [4.78, 5) is 60.5. The number of nitrogens with zero attached hydrogens (tertiary/aromatic N) is 2. The number of aliphatic hydroxyl groups is 4. The summed E-state index contributed by atoms with van der Waals surface area (Å²) in [6, 6.07) is 1.94. The summed E-state index contributed by atoms with van der Waals surface area (Å²) in [6.45, 7) is -1.64. The summed E-state index contributed by atoms with van der Waals surface area (Å²) in [6.07, 6.45) is -10.6. The SMILES string of the molecule is N.O=c1ccn([C@@H]2O[C@H](COP(=O)(O)O[C@H]3[C@@H](O)[C@H](n4ccc(=O)[nH]c4=O)O[C@@H]3CO)[C@@H](O)[C@H]2O)c(=O)[nH]1. The average molecular weight is 567 g/mol. The van der Waals surface area contributed by atoms with Crippen molar-refractivity contribution in [2.24, 2.45) is 0 Å². The molecule has 2 aromatic heterocycles. The molecule has 4 rings (SSSR count). The predicted molar refractivity (Wildman–Crippen MR) is 121 cm³/mol. The molecule has 0 aromatic carbocycles. The van der Waals surface area contributed by atoms with Crippen LogP contribution in [0.15, 0.2) is 43.7 Å². The minimum absolute atomic E-state index is 0. The van der Waals surface area contributed by atoms with Crippen LogP contribution in [0.25, 0.3) is 0 Å². The van der Waals surface area contributed by atoms with Gasteiger partial charge in [0.15, 0.2) is 12.5 Å². The molecule has 0 spiro atoms. The Morgan fingerprint density at radius 1 is 0.868 bits per heavy atom. The first-order valence-electron chi connectivity index (χ1n) is 10.7. The van der Waals surface area contributed by atoms with E-state index in [9.17, 15) is 49.1 Å². The highest BCUT2D eigenvalue weighted by molar-refractivity contribution is 7.47. The maximum atomic E-state index is 12.6. The highest BCUT2D eigenvalue weighted by atomic mass is 31.2. The van der Waals surface area contributed by atoms with E-state index in [1.807, 2.05) is 9.97 Å². The van der Waals surface area contributed by atoms with Crippen LogP contribution in [0.1, 0.15) is 12.5 Å². The van der Waals surface area contributed by atoms with E-state index in [-0.39, 0.29) is 6.15 Å². The lowest BCUT2D eigenvalue weighted by Crippen LogP contribution is -2.39. The van der Waals surface area contributed by atoms with Crippen LogP contribution in [0.4, 0.5) is 0 Å². The average Bonchev–Trinajstić information content (AvgIpc) is 3.28. The van der Waals surface area contributed by atoms with E-state index in [1.54, 1.807) is 0 Å². The zero-order valence-electron chi connectivity index (χ0n) is 19.3. The fourth-order valence-electron chi connectivity index (χ4n) is 3.93. The van der Waals surface area contributed by atoms with Gasteiger partial charge in [0.1, 0.15) is 36.6 Å². The molecule has 0 bridgehead atoms. The highest BCUT2D eigenvalue weighted by Crippen LogP contribution is 2.49. The molecule has 2 aliphatic heterocycles. The van der Waals surface area contributed by atoms with E-state index >= 15 is 0 Å². The van der Waals surface area contributed by atoms with Gasteiger partial charge in [0.25, 0.3) is 11.1 Å². The van der Waals surface area contributed by atoms with Crippen LogP contribution in [0.2, 0.25) is 0 Å². The summed E-state index contributed by atoms with van der Waals surface area (Å²) < 4.78 is 34.7. The van der Waals surface area contributed by atoms with Crippen molar-refractivity contribution >= 4 is 7.82 Å². The number of hydrogen-bond donors (Lipinski definition) is 8. The zero-order chi connectivity index (χ0) is 27.1. The fraction of sp³-hybridized carbons (Fsp3) is 0.556. The maximum Gasteiger partial charge on any atom is 0.472 e. The van der Waals surface area contributed by atoms with Gasteiger partial charge in [-0.05, 0) is 0 Å². The summed E-state index contributed by atoms with van der Waals surface area (Å²) in [5, 5.41) is 40.6. The molecule has 20 heteroatoms. The zero-order valence-corrected chi connectivity index (χ0v) is 20.2. The molecule has 0 radical (unpaired) electrons. The molecule has 4 heterocycles. The van der Waals surface area contributed by atoms with Crippen molar-refractivity contribution in [3.63, 3.8) is 0 Å². The van der Waals surface area contributed by atoms with Gasteiger partial charge in [0.05, 0.1) is 13.2 Å². The number of aromatic nitrogens is 4. The second-order valence-electron chi connectivity index (χ2n) is 8.15. The van der Waals surface area contributed by atoms with Crippen LogP contribution in [0.3, 0.4) is 0 Å². The van der Waals surface area contributed by atoms with Crippen LogP contribution in [0, 0.1) is 0 Å². The van der Waals surface area contributed by atoms with Crippen molar-refractivity contribution in [1.29, 1.82) is 0 Å². The molecule has 38 heavy (non-hydrogen) atoms. The van der Waals surface area contributed by atoms with Crippen molar-refractivity contribution in [3.05, 3.63) is 66.2 Å². The third-order valence-corrected chi connectivity index (χ3v) is 6.72. The van der Waals surface area contributed by atoms with Crippen LogP contribution in [-0.4, -0.2) is 94.3 Å². The van der Waals surface area contributed by atoms with E-state index in [1.165, 1.54) is 0 Å². The summed E-state index contributed by atoms with van der Waals surface area (Å²) in [7, 11) is -5.06. The summed E-state index contributed by atoms with van der Waals surface area (Å²) in [5.74, 6) is 0. The van der Waals surface area contributed by atoms with Gasteiger partial charge in [0, 0.05) is 24.5 Å². The van der Waals surface area contributed by atoms with Gasteiger partial charge in [0.2, 0.25) is 0 Å². The van der Waals surface area contributed by atoms with Crippen molar-refractivity contribution in [3.8, 4) is 0 Å². The molecular weight excluding hydrogens is 541 g/mol. The van der Waals surface area contributed by atoms with E-state index < -0.39 is 92.6 Å². The Bertz CT molecular complexity index is 1400. The molecular formula is C18H26N5O14P. The molecule has 9 atom stereocenters. The molecule has 0 amide bonds. The normalized spacial score (nSPS) is 32.6. The third-order valence-electron chi connectivity index (χ3n) is 5.73. The highest BCUT2D eigenvalue weighted by Gasteiger charge is 2.50. The predicted octanol–water partition coefficient (Wildman–Crippen LogP) is -4.38. The largest absolute Gasteiger partial charge is 0.472 e. The quantitative estimate of drug-likeness (QED) is 0.140. The lowest BCUT2D eigenvalue weighted by Gasteiger charge is -2.23. The second-order valence-corrected chi connectivity index (χ2v) is 9.56.